The van der Waals surface area contributed by atoms with E-state index >= 15 is 0 Å². The predicted molar refractivity (Wildman–Crippen MR) is 128 cm³/mol. The normalized spacial score (nSPS) is 16.4. The van der Waals surface area contributed by atoms with Crippen molar-refractivity contribution in [3.05, 3.63) is 83.3 Å². The van der Waals surface area contributed by atoms with Gasteiger partial charge in [0, 0.05) is 30.5 Å². The second-order valence-corrected chi connectivity index (χ2v) is 8.60. The highest BCUT2D eigenvalue weighted by molar-refractivity contribution is 6.07. The number of pyridine rings is 1. The Labute approximate surface area is 206 Å². The Balaban J connectivity index is 1.52. The van der Waals surface area contributed by atoms with Gasteiger partial charge in [-0.15, -0.1) is 0 Å². The molecule has 2 heterocycles. The average Bonchev–Trinajstić information content (AvgIpc) is 3.38. The van der Waals surface area contributed by atoms with Crippen molar-refractivity contribution in [1.82, 2.24) is 10.3 Å². The highest BCUT2D eigenvalue weighted by Crippen LogP contribution is 2.35. The van der Waals surface area contributed by atoms with Gasteiger partial charge < -0.3 is 20.7 Å². The van der Waals surface area contributed by atoms with E-state index in [9.17, 15) is 22.4 Å². The van der Waals surface area contributed by atoms with Crippen LogP contribution in [-0.4, -0.2) is 29.6 Å². The molecule has 36 heavy (non-hydrogen) atoms. The summed E-state index contributed by atoms with van der Waals surface area (Å²) in [4.78, 5) is 17.2. The smallest absolute Gasteiger partial charge is 0.416 e. The van der Waals surface area contributed by atoms with E-state index in [1.807, 2.05) is 0 Å². The maximum atomic E-state index is 13.6. The maximum absolute atomic E-state index is 13.6. The van der Waals surface area contributed by atoms with Crippen molar-refractivity contribution in [2.45, 2.75) is 44.6 Å². The standard InChI is InChI=1S/C26H26F4N4O2/c1-16(23-5-3-10-31-23)36-21-13-18(26(28,29)30)12-20(14-21)34-25(35)22-4-2-11-32-24(22)33-15-17-6-8-19(27)9-7-17/h2,4,6-9,11-14,16,23,31H,3,5,10,15H2,1H3,(H,32,33)(H,34,35). The number of halogens is 4. The Bertz CT molecular complexity index is 1200. The number of nitrogens with zero attached hydrogens (tertiary/aromatic N) is 1. The number of aromatic nitrogens is 1. The minimum absolute atomic E-state index is 0.0159. The summed E-state index contributed by atoms with van der Waals surface area (Å²) >= 11 is 0. The molecule has 1 amide bonds. The second-order valence-electron chi connectivity index (χ2n) is 8.60. The van der Waals surface area contributed by atoms with E-state index in [1.54, 1.807) is 25.1 Å². The van der Waals surface area contributed by atoms with E-state index in [2.05, 4.69) is 20.9 Å². The van der Waals surface area contributed by atoms with Crippen LogP contribution in [0.2, 0.25) is 0 Å². The Morgan fingerprint density at radius 3 is 2.67 bits per heavy atom. The highest BCUT2D eigenvalue weighted by atomic mass is 19.4. The zero-order valence-electron chi connectivity index (χ0n) is 19.5. The fourth-order valence-corrected chi connectivity index (χ4v) is 4.03. The van der Waals surface area contributed by atoms with Crippen LogP contribution in [0, 0.1) is 5.82 Å². The zero-order chi connectivity index (χ0) is 25.7. The molecule has 1 fully saturated rings. The molecule has 1 aromatic heterocycles. The lowest BCUT2D eigenvalue weighted by atomic mass is 10.1. The van der Waals surface area contributed by atoms with Gasteiger partial charge in [0.15, 0.2) is 0 Å². The monoisotopic (exact) mass is 502 g/mol. The molecule has 0 aliphatic carbocycles. The third-order valence-electron chi connectivity index (χ3n) is 5.90. The van der Waals surface area contributed by atoms with Crippen molar-refractivity contribution in [2.75, 3.05) is 17.2 Å². The predicted octanol–water partition coefficient (Wildman–Crippen LogP) is 5.62. The van der Waals surface area contributed by atoms with Crippen LogP contribution >= 0.6 is 0 Å². The molecule has 3 N–H and O–H groups in total. The Morgan fingerprint density at radius 2 is 1.97 bits per heavy atom. The fraction of sp³-hybridized carbons (Fsp3) is 0.308. The number of hydrogen-bond acceptors (Lipinski definition) is 5. The molecule has 1 saturated heterocycles. The van der Waals surface area contributed by atoms with E-state index in [0.29, 0.717) is 0 Å². The number of benzene rings is 2. The molecule has 2 unspecified atom stereocenters. The van der Waals surface area contributed by atoms with Gasteiger partial charge in [0.1, 0.15) is 23.5 Å². The molecule has 0 radical (unpaired) electrons. The third-order valence-corrected chi connectivity index (χ3v) is 5.90. The van der Waals surface area contributed by atoms with E-state index in [-0.39, 0.29) is 47.3 Å². The van der Waals surface area contributed by atoms with Gasteiger partial charge in [-0.3, -0.25) is 4.79 Å². The number of carbonyl (C=O) groups is 1. The highest BCUT2D eigenvalue weighted by Gasteiger charge is 2.32. The quantitative estimate of drug-likeness (QED) is 0.349. The lowest BCUT2D eigenvalue weighted by molar-refractivity contribution is -0.137. The van der Waals surface area contributed by atoms with Gasteiger partial charge in [-0.05, 0) is 68.3 Å². The van der Waals surface area contributed by atoms with E-state index in [4.69, 9.17) is 4.74 Å². The van der Waals surface area contributed by atoms with Crippen LogP contribution in [-0.2, 0) is 12.7 Å². The number of hydrogen-bond donors (Lipinski definition) is 3. The van der Waals surface area contributed by atoms with Crippen LogP contribution in [0.3, 0.4) is 0 Å². The first-order valence-corrected chi connectivity index (χ1v) is 11.6. The summed E-state index contributed by atoms with van der Waals surface area (Å²) in [7, 11) is 0. The summed E-state index contributed by atoms with van der Waals surface area (Å²) in [5.74, 6) is -0.749. The van der Waals surface area contributed by atoms with Crippen LogP contribution in [0.25, 0.3) is 0 Å². The molecule has 0 spiro atoms. The largest absolute Gasteiger partial charge is 0.489 e. The first kappa shape index (κ1) is 25.4. The molecule has 3 aromatic rings. The fourth-order valence-electron chi connectivity index (χ4n) is 4.03. The zero-order valence-corrected chi connectivity index (χ0v) is 19.5. The number of anilines is 2. The summed E-state index contributed by atoms with van der Waals surface area (Å²) in [6.07, 6.45) is -1.63. The van der Waals surface area contributed by atoms with Crippen molar-refractivity contribution in [1.29, 1.82) is 0 Å². The van der Waals surface area contributed by atoms with Crippen molar-refractivity contribution in [3.63, 3.8) is 0 Å². The van der Waals surface area contributed by atoms with E-state index in [1.165, 1.54) is 30.5 Å². The maximum Gasteiger partial charge on any atom is 0.416 e. The number of alkyl halides is 3. The summed E-state index contributed by atoms with van der Waals surface area (Å²) in [6, 6.07) is 12.1. The molecule has 0 saturated carbocycles. The Hall–Kier alpha value is -3.66. The number of rotatable bonds is 8. The van der Waals surface area contributed by atoms with Crippen molar-refractivity contribution in [2.24, 2.45) is 0 Å². The first-order valence-electron chi connectivity index (χ1n) is 11.6. The van der Waals surface area contributed by atoms with Crippen LogP contribution in [0.5, 0.6) is 5.75 Å². The molecule has 2 aromatic carbocycles. The third kappa shape index (κ3) is 6.51. The molecular weight excluding hydrogens is 476 g/mol. The molecule has 190 valence electrons. The summed E-state index contributed by atoms with van der Waals surface area (Å²) in [5, 5.41) is 8.82. The van der Waals surface area contributed by atoms with Crippen molar-refractivity contribution >= 4 is 17.4 Å². The topological polar surface area (TPSA) is 75.3 Å². The molecular formula is C26H26F4N4O2. The van der Waals surface area contributed by atoms with Crippen LogP contribution in [0.1, 0.15) is 41.3 Å². The molecule has 6 nitrogen and oxygen atoms in total. The molecule has 0 bridgehead atoms. The molecule has 10 heteroatoms. The average molecular weight is 503 g/mol. The minimum atomic E-state index is -4.62. The lowest BCUT2D eigenvalue weighted by Gasteiger charge is -2.22. The van der Waals surface area contributed by atoms with E-state index < -0.39 is 17.6 Å². The Morgan fingerprint density at radius 1 is 1.19 bits per heavy atom. The van der Waals surface area contributed by atoms with Crippen molar-refractivity contribution in [3.8, 4) is 5.75 Å². The summed E-state index contributed by atoms with van der Waals surface area (Å²) in [6.45, 7) is 2.91. The second kappa shape index (κ2) is 10.9. The minimum Gasteiger partial charge on any atom is -0.489 e. The van der Waals surface area contributed by atoms with Crippen molar-refractivity contribution < 1.29 is 27.1 Å². The molecule has 2 atom stereocenters. The van der Waals surface area contributed by atoms with Gasteiger partial charge >= 0.3 is 6.18 Å². The lowest BCUT2D eigenvalue weighted by Crippen LogP contribution is -2.36. The summed E-state index contributed by atoms with van der Waals surface area (Å²) in [5.41, 5.74) is -0.0746. The van der Waals surface area contributed by atoms with Gasteiger partial charge in [-0.1, -0.05) is 12.1 Å². The van der Waals surface area contributed by atoms with Gasteiger partial charge in [0.25, 0.3) is 5.91 Å². The number of carbonyl (C=O) groups excluding carboxylic acids is 1. The van der Waals surface area contributed by atoms with Crippen LogP contribution in [0.15, 0.2) is 60.8 Å². The van der Waals surface area contributed by atoms with Crippen LogP contribution in [0.4, 0.5) is 29.1 Å². The molecule has 1 aliphatic rings. The number of ether oxygens (including phenoxy) is 1. The molecule has 1 aliphatic heterocycles. The van der Waals surface area contributed by atoms with Gasteiger partial charge in [-0.2, -0.15) is 13.2 Å². The van der Waals surface area contributed by atoms with E-state index in [0.717, 1.165) is 37.1 Å². The summed E-state index contributed by atoms with van der Waals surface area (Å²) < 4.78 is 59.7. The number of amides is 1. The van der Waals surface area contributed by atoms with Gasteiger partial charge in [0.2, 0.25) is 0 Å². The number of nitrogens with one attached hydrogen (secondary N) is 3. The van der Waals surface area contributed by atoms with Crippen LogP contribution < -0.4 is 20.7 Å². The van der Waals surface area contributed by atoms with Gasteiger partial charge in [-0.25, -0.2) is 9.37 Å². The Kier molecular flexibility index (Phi) is 7.73. The SMILES string of the molecule is CC(Oc1cc(NC(=O)c2cccnc2NCc2ccc(F)cc2)cc(C(F)(F)F)c1)C1CCCN1. The first-order chi connectivity index (χ1) is 17.2. The molecule has 4 rings (SSSR count). The van der Waals surface area contributed by atoms with Gasteiger partial charge in [0.05, 0.1) is 11.1 Å².